The van der Waals surface area contributed by atoms with Crippen molar-refractivity contribution in [3.63, 3.8) is 0 Å². The normalized spacial score (nSPS) is 17.3. The SMILES string of the molecule is COc1cc(-c2ccc3ncc(C(C)=O)c(N[C@H]4CC[C@H](CN(C)C)CC4)c3n2)cc(Cl)c1O.Cl.Cl. The first kappa shape index (κ1) is 29.9. The molecule has 36 heavy (non-hydrogen) atoms. The summed E-state index contributed by atoms with van der Waals surface area (Å²) in [5.74, 6) is 0.808. The quantitative estimate of drug-likeness (QED) is 0.334. The third-order valence-corrected chi connectivity index (χ3v) is 6.74. The number of hydrogen-bond acceptors (Lipinski definition) is 7. The summed E-state index contributed by atoms with van der Waals surface area (Å²) >= 11 is 6.21. The molecule has 0 saturated heterocycles. The molecule has 7 nitrogen and oxygen atoms in total. The van der Waals surface area contributed by atoms with Gasteiger partial charge in [0, 0.05) is 24.3 Å². The van der Waals surface area contributed by atoms with Crippen molar-refractivity contribution in [1.82, 2.24) is 14.9 Å². The number of ketones is 1. The minimum Gasteiger partial charge on any atom is -0.503 e. The maximum atomic E-state index is 12.5. The van der Waals surface area contributed by atoms with E-state index in [0.29, 0.717) is 33.8 Å². The fraction of sp³-hybridized carbons (Fsp3) is 0.423. The number of aromatic hydroxyl groups is 1. The van der Waals surface area contributed by atoms with Crippen LogP contribution < -0.4 is 10.1 Å². The largest absolute Gasteiger partial charge is 0.503 e. The zero-order valence-electron chi connectivity index (χ0n) is 20.9. The predicted octanol–water partition coefficient (Wildman–Crippen LogP) is 6.24. The van der Waals surface area contributed by atoms with Gasteiger partial charge in [-0.2, -0.15) is 0 Å². The molecule has 0 bridgehead atoms. The minimum atomic E-state index is -0.110. The van der Waals surface area contributed by atoms with E-state index >= 15 is 0 Å². The lowest BCUT2D eigenvalue weighted by Crippen LogP contribution is -2.31. The molecular formula is C26H33Cl3N4O3. The van der Waals surface area contributed by atoms with Gasteiger partial charge in [-0.3, -0.25) is 9.78 Å². The number of hydrogen-bond donors (Lipinski definition) is 2. The molecular weight excluding hydrogens is 523 g/mol. The summed E-state index contributed by atoms with van der Waals surface area (Å²) in [4.78, 5) is 24.1. The molecule has 0 unspecified atom stereocenters. The van der Waals surface area contributed by atoms with Crippen molar-refractivity contribution in [1.29, 1.82) is 0 Å². The molecule has 1 fully saturated rings. The van der Waals surface area contributed by atoms with Crippen LogP contribution in [0.3, 0.4) is 0 Å². The van der Waals surface area contributed by atoms with Crippen LogP contribution in [0.4, 0.5) is 5.69 Å². The van der Waals surface area contributed by atoms with E-state index in [9.17, 15) is 9.90 Å². The lowest BCUT2D eigenvalue weighted by molar-refractivity contribution is 0.101. The van der Waals surface area contributed by atoms with Gasteiger partial charge in [-0.15, -0.1) is 24.8 Å². The summed E-state index contributed by atoms with van der Waals surface area (Å²) in [5.41, 5.74) is 3.96. The Balaban J connectivity index is 0.00000228. The second-order valence-electron chi connectivity index (χ2n) is 9.30. The summed E-state index contributed by atoms with van der Waals surface area (Å²) in [7, 11) is 5.71. The topological polar surface area (TPSA) is 87.6 Å². The predicted molar refractivity (Wildman–Crippen MR) is 151 cm³/mol. The number of rotatable bonds is 7. The first-order valence-corrected chi connectivity index (χ1v) is 11.9. The van der Waals surface area contributed by atoms with Crippen molar-refractivity contribution >= 4 is 58.9 Å². The Hall–Kier alpha value is -2.32. The van der Waals surface area contributed by atoms with Gasteiger partial charge in [0.1, 0.15) is 5.52 Å². The summed E-state index contributed by atoms with van der Waals surface area (Å²) in [5, 5.41) is 13.9. The number of methoxy groups -OCH3 is 1. The minimum absolute atomic E-state index is 0. The van der Waals surface area contributed by atoms with E-state index in [2.05, 4.69) is 29.3 Å². The third-order valence-electron chi connectivity index (χ3n) is 6.45. The number of pyridine rings is 2. The Morgan fingerprint density at radius 2 is 1.89 bits per heavy atom. The van der Waals surface area contributed by atoms with E-state index in [-0.39, 0.29) is 53.2 Å². The van der Waals surface area contributed by atoms with E-state index in [1.165, 1.54) is 7.11 Å². The van der Waals surface area contributed by atoms with Crippen LogP contribution in [0, 0.1) is 5.92 Å². The van der Waals surface area contributed by atoms with Crippen molar-refractivity contribution in [2.75, 3.05) is 33.1 Å². The number of nitrogens with zero attached hydrogens (tertiary/aromatic N) is 3. The average Bonchev–Trinajstić information content (AvgIpc) is 2.81. The maximum Gasteiger partial charge on any atom is 0.176 e. The number of benzene rings is 1. The van der Waals surface area contributed by atoms with Crippen molar-refractivity contribution in [3.05, 3.63) is 41.0 Å². The highest BCUT2D eigenvalue weighted by molar-refractivity contribution is 6.32. The zero-order chi connectivity index (χ0) is 24.4. The van der Waals surface area contributed by atoms with Gasteiger partial charge >= 0.3 is 0 Å². The molecule has 0 spiro atoms. The Bertz CT molecular complexity index is 1210. The number of fused-ring (bicyclic) bond motifs is 1. The lowest BCUT2D eigenvalue weighted by atomic mass is 9.85. The molecule has 0 radical (unpaired) electrons. The molecule has 0 atom stereocenters. The number of phenolic OH excluding ortho intramolecular Hbond substituents is 1. The van der Waals surface area contributed by atoms with Crippen LogP contribution in [0.1, 0.15) is 43.0 Å². The summed E-state index contributed by atoms with van der Waals surface area (Å²) in [6, 6.07) is 7.34. The molecule has 10 heteroatoms. The van der Waals surface area contributed by atoms with Gasteiger partial charge in [0.15, 0.2) is 17.3 Å². The average molecular weight is 556 g/mol. The molecule has 0 amide bonds. The smallest absolute Gasteiger partial charge is 0.176 e. The monoisotopic (exact) mass is 554 g/mol. The standard InChI is InChI=1S/C26H31ClN4O3.2ClH/c1-15(32)19-13-28-22-10-9-21(17-11-20(27)26(33)23(12-17)34-4)30-25(22)24(19)29-18-7-5-16(6-8-18)14-31(2)3;;/h9-13,16,18,33H,5-8,14H2,1-4H3,(H,28,29);2*1H/t16-,18-;;. The number of aromatic nitrogens is 2. The first-order chi connectivity index (χ1) is 16.3. The lowest BCUT2D eigenvalue weighted by Gasteiger charge is -2.31. The van der Waals surface area contributed by atoms with Crippen LogP contribution in [-0.4, -0.2) is 59.5 Å². The molecule has 1 aliphatic carbocycles. The van der Waals surface area contributed by atoms with Gasteiger partial charge in [-0.1, -0.05) is 11.6 Å². The fourth-order valence-corrected chi connectivity index (χ4v) is 4.94. The Morgan fingerprint density at radius 1 is 1.19 bits per heavy atom. The summed E-state index contributed by atoms with van der Waals surface area (Å²) in [6.07, 6.45) is 6.03. The van der Waals surface area contributed by atoms with Crippen molar-refractivity contribution in [2.24, 2.45) is 5.92 Å². The van der Waals surface area contributed by atoms with Crippen molar-refractivity contribution in [3.8, 4) is 22.8 Å². The highest BCUT2D eigenvalue weighted by atomic mass is 35.5. The zero-order valence-corrected chi connectivity index (χ0v) is 23.3. The number of ether oxygens (including phenoxy) is 1. The molecule has 3 aromatic rings. The van der Waals surface area contributed by atoms with E-state index in [1.807, 2.05) is 12.1 Å². The molecule has 2 N–H and O–H groups in total. The van der Waals surface area contributed by atoms with Gasteiger partial charge in [0.2, 0.25) is 0 Å². The summed E-state index contributed by atoms with van der Waals surface area (Å²) in [6.45, 7) is 2.66. The van der Waals surface area contributed by atoms with Gasteiger partial charge in [-0.25, -0.2) is 4.98 Å². The van der Waals surface area contributed by atoms with Crippen LogP contribution in [0.5, 0.6) is 11.5 Å². The van der Waals surface area contributed by atoms with Gasteiger partial charge in [0.25, 0.3) is 0 Å². The Morgan fingerprint density at radius 3 is 2.50 bits per heavy atom. The molecule has 1 aliphatic rings. The number of halogens is 3. The molecule has 4 rings (SSSR count). The van der Waals surface area contributed by atoms with E-state index < -0.39 is 0 Å². The third kappa shape index (κ3) is 6.51. The van der Waals surface area contributed by atoms with Crippen LogP contribution in [0.15, 0.2) is 30.5 Å². The number of carbonyl (C=O) groups excluding carboxylic acids is 1. The molecule has 1 aromatic carbocycles. The Labute approximate surface area is 229 Å². The molecule has 1 saturated carbocycles. The van der Waals surface area contributed by atoms with Crippen LogP contribution in [0.25, 0.3) is 22.3 Å². The first-order valence-electron chi connectivity index (χ1n) is 11.6. The van der Waals surface area contributed by atoms with Crippen LogP contribution in [0.2, 0.25) is 5.02 Å². The number of anilines is 1. The number of nitrogens with one attached hydrogen (secondary N) is 1. The van der Waals surface area contributed by atoms with E-state index in [1.54, 1.807) is 25.3 Å². The number of carbonyl (C=O) groups is 1. The van der Waals surface area contributed by atoms with Crippen LogP contribution >= 0.6 is 36.4 Å². The van der Waals surface area contributed by atoms with E-state index in [4.69, 9.17) is 21.3 Å². The molecule has 0 aliphatic heterocycles. The Kier molecular flexibility index (Phi) is 10.6. The fourth-order valence-electron chi connectivity index (χ4n) is 4.73. The highest BCUT2D eigenvalue weighted by Gasteiger charge is 2.24. The number of phenols is 1. The second kappa shape index (κ2) is 12.8. The molecule has 2 heterocycles. The summed E-state index contributed by atoms with van der Waals surface area (Å²) < 4.78 is 5.25. The van der Waals surface area contributed by atoms with Gasteiger partial charge in [-0.05, 0) is 76.9 Å². The molecule has 196 valence electrons. The highest BCUT2D eigenvalue weighted by Crippen LogP contribution is 2.39. The van der Waals surface area contributed by atoms with Crippen molar-refractivity contribution in [2.45, 2.75) is 38.6 Å². The maximum absolute atomic E-state index is 12.5. The van der Waals surface area contributed by atoms with E-state index in [0.717, 1.165) is 37.9 Å². The van der Waals surface area contributed by atoms with Gasteiger partial charge in [0.05, 0.1) is 34.6 Å². The second-order valence-corrected chi connectivity index (χ2v) is 9.71. The van der Waals surface area contributed by atoms with Crippen molar-refractivity contribution < 1.29 is 14.6 Å². The van der Waals surface area contributed by atoms with Gasteiger partial charge < -0.3 is 20.1 Å². The molecule has 2 aromatic heterocycles. The van der Waals surface area contributed by atoms with Crippen LogP contribution in [-0.2, 0) is 0 Å². The number of Topliss-reactive ketones (excluding diaryl/α,β-unsaturated/α-hetero) is 1.